The van der Waals surface area contributed by atoms with Crippen LogP contribution in [0.1, 0.15) is 32.3 Å². The van der Waals surface area contributed by atoms with Gasteiger partial charge in [-0.1, -0.05) is 32.0 Å². The van der Waals surface area contributed by atoms with Gasteiger partial charge in [0.2, 0.25) is 0 Å². The van der Waals surface area contributed by atoms with E-state index in [9.17, 15) is 0 Å². The molecule has 2 rings (SSSR count). The number of hydrogen-bond donors (Lipinski definition) is 1. The predicted octanol–water partition coefficient (Wildman–Crippen LogP) is 5.05. The second kappa shape index (κ2) is 9.09. The van der Waals surface area contributed by atoms with Crippen LogP contribution in [0.2, 0.25) is 0 Å². The summed E-state index contributed by atoms with van der Waals surface area (Å²) in [7, 11) is 0. The van der Waals surface area contributed by atoms with Gasteiger partial charge in [-0.25, -0.2) is 0 Å². The molecule has 2 aromatic rings. The zero-order chi connectivity index (χ0) is 16.5. The standard InChI is InChI=1S/C20H27NO2/c1-4-14-22-19-12-10-17(11-13-19)21-15-18(5-2)23-20-9-7-6-8-16(20)3/h6-13,18,21H,4-5,14-15H2,1-3H3/t18-/m0/s1. The average Bonchev–Trinajstić information content (AvgIpc) is 2.59. The monoisotopic (exact) mass is 313 g/mol. The Balaban J connectivity index is 1.86. The van der Waals surface area contributed by atoms with Crippen LogP contribution in [0, 0.1) is 6.92 Å². The molecule has 2 aromatic carbocycles. The summed E-state index contributed by atoms with van der Waals surface area (Å²) in [6.45, 7) is 7.86. The second-order valence-electron chi connectivity index (χ2n) is 5.67. The first kappa shape index (κ1) is 17.2. The van der Waals surface area contributed by atoms with Crippen LogP contribution in [0.25, 0.3) is 0 Å². The van der Waals surface area contributed by atoms with Gasteiger partial charge in [0.15, 0.2) is 0 Å². The van der Waals surface area contributed by atoms with Crippen LogP contribution in [0.3, 0.4) is 0 Å². The Morgan fingerprint density at radius 2 is 1.74 bits per heavy atom. The molecule has 0 radical (unpaired) electrons. The first-order valence-corrected chi connectivity index (χ1v) is 8.42. The van der Waals surface area contributed by atoms with Gasteiger partial charge in [-0.15, -0.1) is 0 Å². The molecule has 23 heavy (non-hydrogen) atoms. The van der Waals surface area contributed by atoms with Crippen molar-refractivity contribution in [2.75, 3.05) is 18.5 Å². The molecular weight excluding hydrogens is 286 g/mol. The highest BCUT2D eigenvalue weighted by atomic mass is 16.5. The molecule has 0 bridgehead atoms. The van der Waals surface area contributed by atoms with E-state index in [1.165, 1.54) is 5.56 Å². The highest BCUT2D eigenvalue weighted by Gasteiger charge is 2.09. The third-order valence-electron chi connectivity index (χ3n) is 3.70. The largest absolute Gasteiger partial charge is 0.494 e. The quantitative estimate of drug-likeness (QED) is 0.702. The number of hydrogen-bond acceptors (Lipinski definition) is 3. The van der Waals surface area contributed by atoms with E-state index in [0.717, 1.165) is 43.2 Å². The number of benzene rings is 2. The number of nitrogens with one attached hydrogen (secondary N) is 1. The van der Waals surface area contributed by atoms with Crippen molar-refractivity contribution < 1.29 is 9.47 Å². The van der Waals surface area contributed by atoms with E-state index in [2.05, 4.69) is 32.2 Å². The van der Waals surface area contributed by atoms with Crippen LogP contribution < -0.4 is 14.8 Å². The molecule has 0 unspecified atom stereocenters. The Morgan fingerprint density at radius 1 is 1.00 bits per heavy atom. The Morgan fingerprint density at radius 3 is 2.39 bits per heavy atom. The number of ether oxygens (including phenoxy) is 2. The van der Waals surface area contributed by atoms with Crippen molar-refractivity contribution >= 4 is 5.69 Å². The van der Waals surface area contributed by atoms with E-state index in [0.29, 0.717) is 0 Å². The van der Waals surface area contributed by atoms with Gasteiger partial charge >= 0.3 is 0 Å². The Kier molecular flexibility index (Phi) is 6.79. The van der Waals surface area contributed by atoms with Gasteiger partial charge in [0.1, 0.15) is 17.6 Å². The molecule has 0 saturated carbocycles. The molecular formula is C20H27NO2. The van der Waals surface area contributed by atoms with Crippen molar-refractivity contribution in [2.24, 2.45) is 0 Å². The molecule has 0 aliphatic rings. The zero-order valence-electron chi connectivity index (χ0n) is 14.3. The second-order valence-corrected chi connectivity index (χ2v) is 5.67. The van der Waals surface area contributed by atoms with E-state index in [1.54, 1.807) is 0 Å². The van der Waals surface area contributed by atoms with Gasteiger partial charge in [0.05, 0.1) is 13.2 Å². The molecule has 1 atom stereocenters. The predicted molar refractivity (Wildman–Crippen MR) is 96.6 cm³/mol. The van der Waals surface area contributed by atoms with Crippen LogP contribution in [0.4, 0.5) is 5.69 Å². The summed E-state index contributed by atoms with van der Waals surface area (Å²) in [4.78, 5) is 0. The van der Waals surface area contributed by atoms with Crippen molar-refractivity contribution in [1.29, 1.82) is 0 Å². The van der Waals surface area contributed by atoms with Crippen molar-refractivity contribution in [2.45, 2.75) is 39.7 Å². The smallest absolute Gasteiger partial charge is 0.122 e. The fourth-order valence-electron chi connectivity index (χ4n) is 2.26. The van der Waals surface area contributed by atoms with Crippen molar-refractivity contribution in [3.05, 3.63) is 54.1 Å². The Bertz CT molecular complexity index is 580. The van der Waals surface area contributed by atoms with E-state index < -0.39 is 0 Å². The first-order valence-electron chi connectivity index (χ1n) is 8.42. The summed E-state index contributed by atoms with van der Waals surface area (Å²) in [5.74, 6) is 1.88. The minimum Gasteiger partial charge on any atom is -0.494 e. The number of anilines is 1. The Labute approximate surface area is 139 Å². The van der Waals surface area contributed by atoms with Gasteiger partial charge in [0, 0.05) is 5.69 Å². The number of para-hydroxylation sites is 1. The zero-order valence-corrected chi connectivity index (χ0v) is 14.3. The summed E-state index contributed by atoms with van der Waals surface area (Å²) < 4.78 is 11.7. The lowest BCUT2D eigenvalue weighted by molar-refractivity contribution is 0.208. The van der Waals surface area contributed by atoms with Crippen LogP contribution in [-0.2, 0) is 0 Å². The van der Waals surface area contributed by atoms with Gasteiger partial charge in [-0.3, -0.25) is 0 Å². The fourth-order valence-corrected chi connectivity index (χ4v) is 2.26. The van der Waals surface area contributed by atoms with Gasteiger partial charge < -0.3 is 14.8 Å². The van der Waals surface area contributed by atoms with Gasteiger partial charge in [-0.05, 0) is 55.7 Å². The third-order valence-corrected chi connectivity index (χ3v) is 3.70. The maximum Gasteiger partial charge on any atom is 0.122 e. The molecule has 0 spiro atoms. The summed E-state index contributed by atoms with van der Waals surface area (Å²) >= 11 is 0. The van der Waals surface area contributed by atoms with E-state index in [-0.39, 0.29) is 6.10 Å². The third kappa shape index (κ3) is 5.51. The molecule has 0 saturated heterocycles. The molecule has 0 aromatic heterocycles. The van der Waals surface area contributed by atoms with Crippen molar-refractivity contribution in [1.82, 2.24) is 0 Å². The molecule has 3 heteroatoms. The van der Waals surface area contributed by atoms with E-state index in [1.807, 2.05) is 42.5 Å². The maximum atomic E-state index is 6.11. The molecule has 0 heterocycles. The van der Waals surface area contributed by atoms with Crippen molar-refractivity contribution in [3.8, 4) is 11.5 Å². The normalized spacial score (nSPS) is 11.8. The van der Waals surface area contributed by atoms with Crippen LogP contribution in [-0.4, -0.2) is 19.3 Å². The molecule has 124 valence electrons. The maximum absolute atomic E-state index is 6.11. The molecule has 0 fully saturated rings. The fraction of sp³-hybridized carbons (Fsp3) is 0.400. The lowest BCUT2D eigenvalue weighted by Crippen LogP contribution is -2.25. The van der Waals surface area contributed by atoms with E-state index >= 15 is 0 Å². The first-order chi connectivity index (χ1) is 11.2. The molecule has 0 aliphatic carbocycles. The average molecular weight is 313 g/mol. The number of aryl methyl sites for hydroxylation is 1. The molecule has 1 N–H and O–H groups in total. The highest BCUT2D eigenvalue weighted by Crippen LogP contribution is 2.20. The minimum atomic E-state index is 0.145. The molecule has 0 amide bonds. The van der Waals surface area contributed by atoms with Gasteiger partial charge in [0.25, 0.3) is 0 Å². The minimum absolute atomic E-state index is 0.145. The molecule has 3 nitrogen and oxygen atoms in total. The summed E-state index contributed by atoms with van der Waals surface area (Å²) in [6, 6.07) is 16.2. The van der Waals surface area contributed by atoms with Crippen LogP contribution >= 0.6 is 0 Å². The summed E-state index contributed by atoms with van der Waals surface area (Å²) in [5, 5.41) is 3.44. The lowest BCUT2D eigenvalue weighted by atomic mass is 10.2. The summed E-state index contributed by atoms with van der Waals surface area (Å²) in [6.07, 6.45) is 2.13. The number of rotatable bonds is 9. The summed E-state index contributed by atoms with van der Waals surface area (Å²) in [5.41, 5.74) is 2.25. The van der Waals surface area contributed by atoms with Crippen molar-refractivity contribution in [3.63, 3.8) is 0 Å². The van der Waals surface area contributed by atoms with Crippen LogP contribution in [0.5, 0.6) is 11.5 Å². The Hall–Kier alpha value is -2.16. The topological polar surface area (TPSA) is 30.5 Å². The van der Waals surface area contributed by atoms with E-state index in [4.69, 9.17) is 9.47 Å². The van der Waals surface area contributed by atoms with Gasteiger partial charge in [-0.2, -0.15) is 0 Å². The lowest BCUT2D eigenvalue weighted by Gasteiger charge is -2.20. The van der Waals surface area contributed by atoms with Crippen LogP contribution in [0.15, 0.2) is 48.5 Å². The molecule has 0 aliphatic heterocycles. The SMILES string of the molecule is CCCOc1ccc(NC[C@H](CC)Oc2ccccc2C)cc1. The highest BCUT2D eigenvalue weighted by molar-refractivity contribution is 5.46.